The normalized spacial score (nSPS) is 13.0. The summed E-state index contributed by atoms with van der Waals surface area (Å²) in [5.41, 5.74) is 2.40. The third-order valence-corrected chi connectivity index (χ3v) is 4.53. The molecule has 0 radical (unpaired) electrons. The van der Waals surface area contributed by atoms with Crippen molar-refractivity contribution in [2.75, 3.05) is 12.3 Å². The smallest absolute Gasteiger partial charge is 0.232 e. The second-order valence-corrected chi connectivity index (χ2v) is 7.84. The van der Waals surface area contributed by atoms with Gasteiger partial charge in [0.25, 0.3) is 0 Å². The van der Waals surface area contributed by atoms with Gasteiger partial charge in [0, 0.05) is 23.1 Å². The molecule has 0 aliphatic heterocycles. The quantitative estimate of drug-likeness (QED) is 0.787. The van der Waals surface area contributed by atoms with E-state index < -0.39 is 10.8 Å². The van der Waals surface area contributed by atoms with Crippen molar-refractivity contribution in [3.8, 4) is 0 Å². The molecule has 1 amide bonds. The Hall–Kier alpha value is -1.16. The Morgan fingerprint density at radius 3 is 2.33 bits per heavy atom. The fourth-order valence-corrected chi connectivity index (χ4v) is 3.00. The van der Waals surface area contributed by atoms with Gasteiger partial charge < -0.3 is 5.32 Å². The van der Waals surface area contributed by atoms with Crippen molar-refractivity contribution in [3.63, 3.8) is 0 Å². The lowest BCUT2D eigenvalue weighted by Gasteiger charge is -2.19. The van der Waals surface area contributed by atoms with Crippen molar-refractivity contribution in [2.45, 2.75) is 51.7 Å². The van der Waals surface area contributed by atoms with Gasteiger partial charge in [0.15, 0.2) is 0 Å². The Morgan fingerprint density at radius 2 is 1.81 bits per heavy atom. The molecule has 1 N–H and O–H groups in total. The maximum atomic E-state index is 12.0. The van der Waals surface area contributed by atoms with Crippen LogP contribution in [0.2, 0.25) is 0 Å². The molecule has 0 aliphatic carbocycles. The topological polar surface area (TPSA) is 46.2 Å². The van der Waals surface area contributed by atoms with Gasteiger partial charge in [-0.05, 0) is 23.0 Å². The summed E-state index contributed by atoms with van der Waals surface area (Å²) in [5, 5.41) is 2.80. The van der Waals surface area contributed by atoms with Gasteiger partial charge in [-0.1, -0.05) is 58.4 Å². The van der Waals surface area contributed by atoms with Crippen molar-refractivity contribution in [2.24, 2.45) is 0 Å². The predicted octanol–water partition coefficient (Wildman–Crippen LogP) is 3.15. The van der Waals surface area contributed by atoms with E-state index in [1.807, 2.05) is 12.1 Å². The number of rotatable bonds is 7. The number of carbonyl (C=O) groups excluding carboxylic acids is 1. The van der Waals surface area contributed by atoms with E-state index in [-0.39, 0.29) is 17.1 Å². The zero-order chi connectivity index (χ0) is 15.9. The lowest BCUT2D eigenvalue weighted by Crippen LogP contribution is -2.29. The fraction of sp³-hybridized carbons (Fsp3) is 0.588. The number of benzene rings is 1. The molecule has 0 bridgehead atoms. The van der Waals surface area contributed by atoms with Crippen LogP contribution in [0.15, 0.2) is 24.3 Å². The summed E-state index contributed by atoms with van der Waals surface area (Å²) in [6, 6.07) is 8.17. The minimum atomic E-state index is -1.15. The van der Waals surface area contributed by atoms with Gasteiger partial charge in [0.1, 0.15) is 5.75 Å². The second kappa shape index (κ2) is 8.32. The number of amides is 1. The first-order valence-corrected chi connectivity index (χ1v) is 9.03. The fourth-order valence-electron chi connectivity index (χ4n) is 1.94. The molecule has 4 heteroatoms. The number of hydrogen-bond donors (Lipinski definition) is 1. The molecule has 0 spiro atoms. The van der Waals surface area contributed by atoms with Gasteiger partial charge >= 0.3 is 0 Å². The van der Waals surface area contributed by atoms with Crippen molar-refractivity contribution in [1.82, 2.24) is 5.32 Å². The summed E-state index contributed by atoms with van der Waals surface area (Å²) in [4.78, 5) is 11.6. The molecular weight excluding hydrogens is 282 g/mol. The first-order chi connectivity index (χ1) is 9.82. The standard InChI is InChI=1S/C17H27NO2S/c1-5-6-11-18-16(19)13-21(20)12-14-7-9-15(10-8-14)17(2,3)4/h7-10H,5-6,11-13H2,1-4H3,(H,18,19). The Balaban J connectivity index is 2.46. The van der Waals surface area contributed by atoms with E-state index in [0.29, 0.717) is 12.3 Å². The van der Waals surface area contributed by atoms with Gasteiger partial charge in [-0.3, -0.25) is 9.00 Å². The molecule has 1 aromatic carbocycles. The second-order valence-electron chi connectivity index (χ2n) is 6.38. The van der Waals surface area contributed by atoms with Crippen LogP contribution in [0.1, 0.15) is 51.7 Å². The van der Waals surface area contributed by atoms with E-state index in [9.17, 15) is 9.00 Å². The van der Waals surface area contributed by atoms with Gasteiger partial charge in [0.2, 0.25) is 5.91 Å². The Labute approximate surface area is 131 Å². The van der Waals surface area contributed by atoms with Crippen LogP contribution in [0, 0.1) is 0 Å². The minimum Gasteiger partial charge on any atom is -0.355 e. The monoisotopic (exact) mass is 309 g/mol. The van der Waals surface area contributed by atoms with Crippen LogP contribution in [-0.4, -0.2) is 22.4 Å². The van der Waals surface area contributed by atoms with Crippen molar-refractivity contribution >= 4 is 16.7 Å². The van der Waals surface area contributed by atoms with Crippen molar-refractivity contribution in [3.05, 3.63) is 35.4 Å². The maximum Gasteiger partial charge on any atom is 0.232 e. The molecule has 21 heavy (non-hydrogen) atoms. The molecule has 0 saturated carbocycles. The van der Waals surface area contributed by atoms with Gasteiger partial charge in [-0.25, -0.2) is 0 Å². The summed E-state index contributed by atoms with van der Waals surface area (Å²) < 4.78 is 12.0. The molecule has 118 valence electrons. The average molecular weight is 309 g/mol. The lowest BCUT2D eigenvalue weighted by molar-refractivity contribution is -0.118. The molecule has 1 unspecified atom stereocenters. The van der Waals surface area contributed by atoms with E-state index >= 15 is 0 Å². The van der Waals surface area contributed by atoms with E-state index in [4.69, 9.17) is 0 Å². The molecule has 0 aliphatic rings. The van der Waals surface area contributed by atoms with Gasteiger partial charge in [-0.15, -0.1) is 0 Å². The number of hydrogen-bond acceptors (Lipinski definition) is 2. The third kappa shape index (κ3) is 6.89. The summed E-state index contributed by atoms with van der Waals surface area (Å²) >= 11 is 0. The number of unbranched alkanes of at least 4 members (excludes halogenated alkanes) is 1. The Morgan fingerprint density at radius 1 is 1.19 bits per heavy atom. The third-order valence-electron chi connectivity index (χ3n) is 3.29. The lowest BCUT2D eigenvalue weighted by atomic mass is 9.87. The van der Waals surface area contributed by atoms with Gasteiger partial charge in [-0.2, -0.15) is 0 Å². The highest BCUT2D eigenvalue weighted by Crippen LogP contribution is 2.22. The highest BCUT2D eigenvalue weighted by atomic mass is 32.2. The Bertz CT molecular complexity index is 475. The highest BCUT2D eigenvalue weighted by Gasteiger charge is 2.13. The van der Waals surface area contributed by atoms with E-state index in [1.165, 1.54) is 5.56 Å². The molecule has 3 nitrogen and oxygen atoms in total. The minimum absolute atomic E-state index is 0.0880. The number of carbonyl (C=O) groups is 1. The highest BCUT2D eigenvalue weighted by molar-refractivity contribution is 7.84. The van der Waals surface area contributed by atoms with Crippen LogP contribution in [-0.2, 0) is 26.8 Å². The zero-order valence-electron chi connectivity index (χ0n) is 13.6. The van der Waals surface area contributed by atoms with Crippen LogP contribution in [0.5, 0.6) is 0 Å². The summed E-state index contributed by atoms with van der Waals surface area (Å²) in [5.74, 6) is 0.407. The van der Waals surface area contributed by atoms with Crippen LogP contribution in [0.4, 0.5) is 0 Å². The number of nitrogens with one attached hydrogen (secondary N) is 1. The zero-order valence-corrected chi connectivity index (χ0v) is 14.4. The van der Waals surface area contributed by atoms with E-state index in [0.717, 1.165) is 18.4 Å². The molecule has 1 rings (SSSR count). The SMILES string of the molecule is CCCCNC(=O)CS(=O)Cc1ccc(C(C)(C)C)cc1. The molecular formula is C17H27NO2S. The largest absolute Gasteiger partial charge is 0.355 e. The van der Waals surface area contributed by atoms with Crippen LogP contribution in [0.25, 0.3) is 0 Å². The molecule has 0 heterocycles. The maximum absolute atomic E-state index is 12.0. The predicted molar refractivity (Wildman–Crippen MR) is 89.8 cm³/mol. The molecule has 0 fully saturated rings. The molecule has 0 aromatic heterocycles. The molecule has 0 saturated heterocycles. The summed E-state index contributed by atoms with van der Waals surface area (Å²) in [7, 11) is -1.15. The summed E-state index contributed by atoms with van der Waals surface area (Å²) in [6.45, 7) is 9.25. The van der Waals surface area contributed by atoms with Crippen molar-refractivity contribution in [1.29, 1.82) is 0 Å². The van der Waals surface area contributed by atoms with E-state index in [2.05, 4.69) is 45.1 Å². The molecule has 1 aromatic rings. The van der Waals surface area contributed by atoms with Crippen LogP contribution in [0.3, 0.4) is 0 Å². The first-order valence-electron chi connectivity index (χ1n) is 7.54. The molecule has 1 atom stereocenters. The Kier molecular flexibility index (Phi) is 7.09. The van der Waals surface area contributed by atoms with Crippen LogP contribution < -0.4 is 5.32 Å². The van der Waals surface area contributed by atoms with Gasteiger partial charge in [0.05, 0.1) is 0 Å². The average Bonchev–Trinajstić information content (AvgIpc) is 2.38. The van der Waals surface area contributed by atoms with Crippen molar-refractivity contribution < 1.29 is 9.00 Å². The van der Waals surface area contributed by atoms with Crippen LogP contribution >= 0.6 is 0 Å². The van der Waals surface area contributed by atoms with E-state index in [1.54, 1.807) is 0 Å². The summed E-state index contributed by atoms with van der Waals surface area (Å²) in [6.07, 6.45) is 2.01. The first kappa shape index (κ1) is 17.9.